The van der Waals surface area contributed by atoms with Crippen molar-refractivity contribution in [3.63, 3.8) is 0 Å². The first-order valence-corrected chi connectivity index (χ1v) is 11.0. The second-order valence-electron chi connectivity index (χ2n) is 8.93. The summed E-state index contributed by atoms with van der Waals surface area (Å²) in [5.74, 6) is -1.30. The third-order valence-corrected chi connectivity index (χ3v) is 6.52. The summed E-state index contributed by atoms with van der Waals surface area (Å²) >= 11 is 0. The SMILES string of the molecule is CCCCCC(C)(O)CC[C@]1([C](F)F)CC[C@H](O)[C@@H]1CCCCCCC(=O)O. The topological polar surface area (TPSA) is 77.8 Å². The van der Waals surface area contributed by atoms with Gasteiger partial charge in [0.15, 0.2) is 0 Å². The highest BCUT2D eigenvalue weighted by atomic mass is 19.3. The van der Waals surface area contributed by atoms with Gasteiger partial charge in [0, 0.05) is 11.8 Å². The van der Waals surface area contributed by atoms with E-state index in [2.05, 4.69) is 6.92 Å². The summed E-state index contributed by atoms with van der Waals surface area (Å²) < 4.78 is 28.2. The zero-order valence-electron chi connectivity index (χ0n) is 17.6. The Morgan fingerprint density at radius 2 is 1.79 bits per heavy atom. The molecule has 4 atom stereocenters. The van der Waals surface area contributed by atoms with Crippen LogP contribution in [0.5, 0.6) is 0 Å². The van der Waals surface area contributed by atoms with Crippen molar-refractivity contribution in [2.75, 3.05) is 0 Å². The van der Waals surface area contributed by atoms with Crippen LogP contribution in [0.15, 0.2) is 0 Å². The van der Waals surface area contributed by atoms with E-state index in [1.807, 2.05) is 0 Å². The molecule has 0 amide bonds. The lowest BCUT2D eigenvalue weighted by molar-refractivity contribution is -0.137. The molecule has 0 aromatic carbocycles. The molecule has 0 aliphatic heterocycles. The summed E-state index contributed by atoms with van der Waals surface area (Å²) in [6.45, 7) is 3.82. The van der Waals surface area contributed by atoms with Crippen LogP contribution in [0.25, 0.3) is 0 Å². The average molecular weight is 406 g/mol. The highest BCUT2D eigenvalue weighted by Crippen LogP contribution is 2.56. The van der Waals surface area contributed by atoms with Crippen molar-refractivity contribution in [3.05, 3.63) is 6.43 Å². The molecule has 1 saturated carbocycles. The smallest absolute Gasteiger partial charge is 0.316 e. The molecular formula is C22H39F2O4. The average Bonchev–Trinajstić information content (AvgIpc) is 2.93. The van der Waals surface area contributed by atoms with Crippen molar-refractivity contribution in [1.29, 1.82) is 0 Å². The molecule has 0 saturated heterocycles. The molecular weight excluding hydrogens is 366 g/mol. The molecule has 0 heterocycles. The van der Waals surface area contributed by atoms with Crippen LogP contribution in [0.3, 0.4) is 0 Å². The van der Waals surface area contributed by atoms with Gasteiger partial charge in [0.1, 0.15) is 0 Å². The molecule has 0 spiro atoms. The molecule has 1 unspecified atom stereocenters. The van der Waals surface area contributed by atoms with E-state index in [1.54, 1.807) is 6.92 Å². The van der Waals surface area contributed by atoms with Crippen LogP contribution in [-0.4, -0.2) is 33.0 Å². The summed E-state index contributed by atoms with van der Waals surface area (Å²) in [5.41, 5.74) is -2.25. The third kappa shape index (κ3) is 7.94. The largest absolute Gasteiger partial charge is 0.481 e. The van der Waals surface area contributed by atoms with Crippen molar-refractivity contribution in [2.45, 2.75) is 115 Å². The van der Waals surface area contributed by atoms with Crippen LogP contribution >= 0.6 is 0 Å². The van der Waals surface area contributed by atoms with Gasteiger partial charge in [-0.05, 0) is 57.8 Å². The maximum Gasteiger partial charge on any atom is 0.316 e. The minimum Gasteiger partial charge on any atom is -0.481 e. The lowest BCUT2D eigenvalue weighted by atomic mass is 9.70. The molecule has 1 radical (unpaired) electrons. The number of halogens is 2. The van der Waals surface area contributed by atoms with E-state index < -0.39 is 35.4 Å². The zero-order valence-corrected chi connectivity index (χ0v) is 17.6. The lowest BCUT2D eigenvalue weighted by Crippen LogP contribution is -2.36. The van der Waals surface area contributed by atoms with Crippen molar-refractivity contribution in [1.82, 2.24) is 0 Å². The van der Waals surface area contributed by atoms with Crippen LogP contribution in [0, 0.1) is 17.8 Å². The molecule has 0 bridgehead atoms. The van der Waals surface area contributed by atoms with E-state index >= 15 is 0 Å². The Morgan fingerprint density at radius 3 is 2.39 bits per heavy atom. The number of hydrogen-bond acceptors (Lipinski definition) is 3. The number of hydrogen-bond donors (Lipinski definition) is 3. The van der Waals surface area contributed by atoms with Gasteiger partial charge >= 0.3 is 12.4 Å². The van der Waals surface area contributed by atoms with E-state index in [-0.39, 0.29) is 19.3 Å². The van der Waals surface area contributed by atoms with Gasteiger partial charge in [-0.3, -0.25) is 4.79 Å². The van der Waals surface area contributed by atoms with Crippen molar-refractivity contribution in [2.24, 2.45) is 11.3 Å². The minimum absolute atomic E-state index is 0.135. The first-order chi connectivity index (χ1) is 13.1. The predicted molar refractivity (Wildman–Crippen MR) is 106 cm³/mol. The fourth-order valence-corrected chi connectivity index (χ4v) is 4.64. The Morgan fingerprint density at radius 1 is 1.11 bits per heavy atom. The highest BCUT2D eigenvalue weighted by Gasteiger charge is 2.54. The fourth-order valence-electron chi connectivity index (χ4n) is 4.64. The monoisotopic (exact) mass is 405 g/mol. The van der Waals surface area contributed by atoms with Crippen LogP contribution in [0.4, 0.5) is 8.78 Å². The molecule has 0 aromatic heterocycles. The molecule has 6 heteroatoms. The van der Waals surface area contributed by atoms with Gasteiger partial charge in [-0.25, -0.2) is 0 Å². The molecule has 28 heavy (non-hydrogen) atoms. The maximum atomic E-state index is 14.1. The summed E-state index contributed by atoms with van der Waals surface area (Å²) in [7, 11) is 0. The van der Waals surface area contributed by atoms with Crippen LogP contribution in [0.1, 0.15) is 104 Å². The number of carbonyl (C=O) groups is 1. The van der Waals surface area contributed by atoms with E-state index in [0.717, 1.165) is 32.1 Å². The van der Waals surface area contributed by atoms with Crippen LogP contribution in [-0.2, 0) is 4.79 Å². The normalized spacial score (nSPS) is 27.2. The van der Waals surface area contributed by atoms with Gasteiger partial charge in [0.25, 0.3) is 0 Å². The Bertz CT molecular complexity index is 456. The molecule has 4 nitrogen and oxygen atoms in total. The second-order valence-corrected chi connectivity index (χ2v) is 8.93. The van der Waals surface area contributed by atoms with Crippen LogP contribution < -0.4 is 0 Å². The first kappa shape index (κ1) is 25.3. The molecule has 1 rings (SSSR count). The Labute approximate surface area is 168 Å². The standard InChI is InChI=1S/C22H39F2O4/c1-3-4-9-13-21(2,28)15-16-22(20(23)24)14-12-18(25)17(22)10-7-5-6-8-11-19(26)27/h17-18,25,28H,3-16H2,1-2H3,(H,26,27)/t17-,18-,21?,22+/m0/s1. The number of aliphatic hydroxyl groups is 2. The maximum absolute atomic E-state index is 14.1. The number of aliphatic carboxylic acids is 1. The molecule has 1 aliphatic rings. The van der Waals surface area contributed by atoms with E-state index in [0.29, 0.717) is 38.5 Å². The van der Waals surface area contributed by atoms with Crippen molar-refractivity contribution < 1.29 is 28.9 Å². The van der Waals surface area contributed by atoms with E-state index in [9.17, 15) is 23.8 Å². The lowest BCUT2D eigenvalue weighted by Gasteiger charge is -2.37. The molecule has 3 N–H and O–H groups in total. The van der Waals surface area contributed by atoms with E-state index in [4.69, 9.17) is 5.11 Å². The van der Waals surface area contributed by atoms with Gasteiger partial charge in [0.2, 0.25) is 0 Å². The molecule has 1 fully saturated rings. The summed E-state index contributed by atoms with van der Waals surface area (Å²) in [5, 5.41) is 29.6. The van der Waals surface area contributed by atoms with Gasteiger partial charge in [0.05, 0.1) is 11.7 Å². The van der Waals surface area contributed by atoms with Crippen LogP contribution in [0.2, 0.25) is 0 Å². The first-order valence-electron chi connectivity index (χ1n) is 11.0. The number of carboxylic acids is 1. The van der Waals surface area contributed by atoms with Gasteiger partial charge in [-0.1, -0.05) is 45.4 Å². The summed E-state index contributed by atoms with van der Waals surface area (Å²) in [6, 6.07) is 0. The minimum atomic E-state index is -1.61. The van der Waals surface area contributed by atoms with Gasteiger partial charge in [-0.15, -0.1) is 0 Å². The van der Waals surface area contributed by atoms with E-state index in [1.165, 1.54) is 0 Å². The zero-order chi connectivity index (χ0) is 21.2. The number of unbranched alkanes of at least 4 members (excludes halogenated alkanes) is 5. The Kier molecular flexibility index (Phi) is 10.9. The fraction of sp³-hybridized carbons (Fsp3) is 0.909. The Hall–Kier alpha value is -0.750. The van der Waals surface area contributed by atoms with Crippen molar-refractivity contribution >= 4 is 5.97 Å². The van der Waals surface area contributed by atoms with Crippen molar-refractivity contribution in [3.8, 4) is 0 Å². The summed E-state index contributed by atoms with van der Waals surface area (Å²) in [4.78, 5) is 10.5. The number of carboxylic acid groups (broad SMARTS) is 1. The van der Waals surface area contributed by atoms with Gasteiger partial charge < -0.3 is 15.3 Å². The third-order valence-electron chi connectivity index (χ3n) is 6.52. The number of rotatable bonds is 15. The van der Waals surface area contributed by atoms with Gasteiger partial charge in [-0.2, -0.15) is 8.78 Å². The molecule has 1 aliphatic carbocycles. The Balaban J connectivity index is 2.61. The quantitative estimate of drug-likeness (QED) is 0.305. The molecule has 0 aromatic rings. The summed E-state index contributed by atoms with van der Waals surface area (Å²) in [6.07, 6.45) is 5.90. The second kappa shape index (κ2) is 12.1. The predicted octanol–water partition coefficient (Wildman–Crippen LogP) is 5.71. The number of aliphatic hydroxyl groups excluding tert-OH is 1. The molecule has 165 valence electrons. The highest BCUT2D eigenvalue weighted by molar-refractivity contribution is 5.66.